The van der Waals surface area contributed by atoms with Gasteiger partial charge in [-0.3, -0.25) is 19.3 Å². The summed E-state index contributed by atoms with van der Waals surface area (Å²) in [5, 5.41) is 2.96. The average molecular weight is 501 g/mol. The summed E-state index contributed by atoms with van der Waals surface area (Å²) in [6.07, 6.45) is -0.0961. The minimum atomic E-state index is -0.740. The smallest absolute Gasteiger partial charge is 0.251 e. The SMILES string of the molecule is CC[C@H](C)[C@H](NC(=O)c1ccc(N2CCN(C(C)C)CC2)cc1)C(=O)N1C[C@@H](OC)[C@H]2OCC(=O)[C@H]21. The first-order valence-corrected chi connectivity index (χ1v) is 13.1. The van der Waals surface area contributed by atoms with Gasteiger partial charge in [0.15, 0.2) is 5.78 Å². The van der Waals surface area contributed by atoms with E-state index in [1.807, 2.05) is 38.1 Å². The molecule has 0 aromatic heterocycles. The van der Waals surface area contributed by atoms with E-state index in [1.165, 1.54) is 0 Å². The molecule has 36 heavy (non-hydrogen) atoms. The number of fused-ring (bicyclic) bond motifs is 1. The largest absolute Gasteiger partial charge is 0.377 e. The van der Waals surface area contributed by atoms with Crippen LogP contribution >= 0.6 is 0 Å². The highest BCUT2D eigenvalue weighted by molar-refractivity contribution is 5.99. The third-order valence-electron chi connectivity index (χ3n) is 8.03. The lowest BCUT2D eigenvalue weighted by molar-refractivity contribution is -0.139. The number of ketones is 1. The van der Waals surface area contributed by atoms with Crippen molar-refractivity contribution in [3.63, 3.8) is 0 Å². The second kappa shape index (κ2) is 11.3. The van der Waals surface area contributed by atoms with Gasteiger partial charge in [-0.2, -0.15) is 0 Å². The number of methoxy groups -OCH3 is 1. The second-order valence-electron chi connectivity index (χ2n) is 10.5. The zero-order valence-electron chi connectivity index (χ0n) is 22.1. The Kier molecular flexibility index (Phi) is 8.32. The van der Waals surface area contributed by atoms with E-state index in [9.17, 15) is 14.4 Å². The van der Waals surface area contributed by atoms with Gasteiger partial charge in [-0.05, 0) is 44.0 Å². The van der Waals surface area contributed by atoms with Crippen molar-refractivity contribution in [3.8, 4) is 0 Å². The van der Waals surface area contributed by atoms with Crippen LogP contribution in [0.3, 0.4) is 0 Å². The number of nitrogens with zero attached hydrogens (tertiary/aromatic N) is 3. The van der Waals surface area contributed by atoms with Crippen molar-refractivity contribution in [2.24, 2.45) is 5.92 Å². The Morgan fingerprint density at radius 2 is 1.78 bits per heavy atom. The van der Waals surface area contributed by atoms with Crippen LogP contribution in [0.5, 0.6) is 0 Å². The molecule has 198 valence electrons. The zero-order valence-corrected chi connectivity index (χ0v) is 22.1. The normalized spacial score (nSPS) is 26.3. The summed E-state index contributed by atoms with van der Waals surface area (Å²) in [6, 6.07) is 6.74. The Morgan fingerprint density at radius 3 is 2.36 bits per heavy atom. The van der Waals surface area contributed by atoms with Gasteiger partial charge in [0.05, 0.1) is 6.54 Å². The molecule has 9 heteroatoms. The summed E-state index contributed by atoms with van der Waals surface area (Å²) < 4.78 is 11.1. The highest BCUT2D eigenvalue weighted by atomic mass is 16.5. The van der Waals surface area contributed by atoms with Crippen LogP contribution in [0, 0.1) is 5.92 Å². The van der Waals surface area contributed by atoms with Crippen molar-refractivity contribution in [3.05, 3.63) is 29.8 Å². The predicted octanol–water partition coefficient (Wildman–Crippen LogP) is 1.56. The van der Waals surface area contributed by atoms with Crippen molar-refractivity contribution in [1.82, 2.24) is 15.1 Å². The fourth-order valence-electron chi connectivity index (χ4n) is 5.45. The lowest BCUT2D eigenvalue weighted by Gasteiger charge is -2.38. The van der Waals surface area contributed by atoms with E-state index in [-0.39, 0.29) is 42.8 Å². The van der Waals surface area contributed by atoms with Gasteiger partial charge in [-0.25, -0.2) is 0 Å². The van der Waals surface area contributed by atoms with Crippen LogP contribution in [-0.4, -0.2) is 104 Å². The maximum atomic E-state index is 13.6. The number of nitrogens with one attached hydrogen (secondary N) is 1. The van der Waals surface area contributed by atoms with E-state index in [0.717, 1.165) is 31.9 Å². The molecule has 3 heterocycles. The molecule has 1 aromatic carbocycles. The quantitative estimate of drug-likeness (QED) is 0.579. The van der Waals surface area contributed by atoms with Crippen LogP contribution in [0.25, 0.3) is 0 Å². The molecule has 3 aliphatic heterocycles. The third kappa shape index (κ3) is 5.28. The minimum Gasteiger partial charge on any atom is -0.377 e. The molecule has 9 nitrogen and oxygen atoms in total. The monoisotopic (exact) mass is 500 g/mol. The van der Waals surface area contributed by atoms with Crippen molar-refractivity contribution >= 4 is 23.3 Å². The Labute approximate surface area is 214 Å². The van der Waals surface area contributed by atoms with Gasteiger partial charge in [0, 0.05) is 50.6 Å². The Morgan fingerprint density at radius 1 is 1.11 bits per heavy atom. The molecule has 1 aromatic rings. The Hall–Kier alpha value is -2.49. The number of benzene rings is 1. The number of anilines is 1. The lowest BCUT2D eigenvalue weighted by Crippen LogP contribution is -2.54. The Bertz CT molecular complexity index is 944. The van der Waals surface area contributed by atoms with Gasteiger partial charge in [-0.1, -0.05) is 20.3 Å². The maximum Gasteiger partial charge on any atom is 0.251 e. The fourth-order valence-corrected chi connectivity index (χ4v) is 5.45. The predicted molar refractivity (Wildman–Crippen MR) is 137 cm³/mol. The minimum absolute atomic E-state index is 0.0157. The summed E-state index contributed by atoms with van der Waals surface area (Å²) in [5.41, 5.74) is 1.60. The van der Waals surface area contributed by atoms with Crippen molar-refractivity contribution in [2.45, 2.75) is 64.4 Å². The topological polar surface area (TPSA) is 91.4 Å². The summed E-state index contributed by atoms with van der Waals surface area (Å²) >= 11 is 0. The number of hydrogen-bond acceptors (Lipinski definition) is 7. The van der Waals surface area contributed by atoms with Gasteiger partial charge in [0.25, 0.3) is 5.91 Å². The number of Topliss-reactive ketones (excluding diaryl/α,β-unsaturated/α-hetero) is 1. The fraction of sp³-hybridized carbons (Fsp3) is 0.667. The van der Waals surface area contributed by atoms with E-state index >= 15 is 0 Å². The highest BCUT2D eigenvalue weighted by Crippen LogP contribution is 2.30. The van der Waals surface area contributed by atoms with Crippen molar-refractivity contribution < 1.29 is 23.9 Å². The Balaban J connectivity index is 1.43. The summed E-state index contributed by atoms with van der Waals surface area (Å²) in [6.45, 7) is 12.6. The number of carbonyl (C=O) groups excluding carboxylic acids is 3. The average Bonchev–Trinajstić information content (AvgIpc) is 3.46. The molecular formula is C27H40N4O5. The first-order chi connectivity index (χ1) is 17.2. The number of ether oxygens (including phenoxy) is 2. The van der Waals surface area contributed by atoms with E-state index in [4.69, 9.17) is 9.47 Å². The van der Waals surface area contributed by atoms with Crippen LogP contribution in [0.4, 0.5) is 5.69 Å². The van der Waals surface area contributed by atoms with Crippen LogP contribution in [0.1, 0.15) is 44.5 Å². The molecule has 0 saturated carbocycles. The molecule has 1 N–H and O–H groups in total. The number of hydrogen-bond donors (Lipinski definition) is 1. The summed E-state index contributed by atoms with van der Waals surface area (Å²) in [4.78, 5) is 45.7. The molecule has 3 fully saturated rings. The van der Waals surface area contributed by atoms with Crippen LogP contribution < -0.4 is 10.2 Å². The molecule has 3 aliphatic rings. The zero-order chi connectivity index (χ0) is 26.0. The van der Waals surface area contributed by atoms with Crippen LogP contribution in [0.15, 0.2) is 24.3 Å². The van der Waals surface area contributed by atoms with Gasteiger partial charge < -0.3 is 24.6 Å². The standard InChI is InChI=1S/C27H40N4O5/c1-6-18(4)23(27(34)31-15-22(35-5)25-24(31)21(32)16-36-25)28-26(33)19-7-9-20(10-8-19)30-13-11-29(12-14-30)17(2)3/h7-10,17-18,22-25H,6,11-16H2,1-5H3,(H,28,33)/t18-,22+,23-,24+,25+/m0/s1. The van der Waals surface area contributed by atoms with Crippen LogP contribution in [0.2, 0.25) is 0 Å². The van der Waals surface area contributed by atoms with Gasteiger partial charge >= 0.3 is 0 Å². The molecule has 0 bridgehead atoms. The number of carbonyl (C=O) groups is 3. The summed E-state index contributed by atoms with van der Waals surface area (Å²) in [7, 11) is 1.56. The number of likely N-dealkylation sites (tertiary alicyclic amines) is 1. The van der Waals surface area contributed by atoms with Gasteiger partial charge in [0.2, 0.25) is 5.91 Å². The number of rotatable bonds is 8. The third-order valence-corrected chi connectivity index (χ3v) is 8.03. The first-order valence-electron chi connectivity index (χ1n) is 13.1. The van der Waals surface area contributed by atoms with Gasteiger partial charge in [-0.15, -0.1) is 0 Å². The van der Waals surface area contributed by atoms with Gasteiger partial charge in [0.1, 0.15) is 30.9 Å². The van der Waals surface area contributed by atoms with E-state index in [1.54, 1.807) is 12.0 Å². The molecule has 0 unspecified atom stereocenters. The van der Waals surface area contributed by atoms with E-state index in [0.29, 0.717) is 18.0 Å². The molecule has 0 radical (unpaired) electrons. The van der Waals surface area contributed by atoms with Crippen molar-refractivity contribution in [2.75, 3.05) is 51.3 Å². The molecule has 4 rings (SSSR count). The summed E-state index contributed by atoms with van der Waals surface area (Å²) in [5.74, 6) is -0.772. The molecule has 0 aliphatic carbocycles. The molecule has 2 amide bonds. The molecule has 3 saturated heterocycles. The lowest BCUT2D eigenvalue weighted by atomic mass is 9.96. The molecular weight excluding hydrogens is 460 g/mol. The van der Waals surface area contributed by atoms with Crippen LogP contribution in [-0.2, 0) is 19.1 Å². The number of amides is 2. The molecule has 0 spiro atoms. The number of piperazine rings is 1. The first kappa shape index (κ1) is 26.6. The van der Waals surface area contributed by atoms with Crippen molar-refractivity contribution in [1.29, 1.82) is 0 Å². The maximum absolute atomic E-state index is 13.6. The van der Waals surface area contributed by atoms with E-state index < -0.39 is 18.2 Å². The second-order valence-corrected chi connectivity index (χ2v) is 10.5. The highest BCUT2D eigenvalue weighted by Gasteiger charge is 2.53. The molecule has 5 atom stereocenters. The van der Waals surface area contributed by atoms with E-state index in [2.05, 4.69) is 29.0 Å².